The number of thioether (sulfide) groups is 1. The van der Waals surface area contributed by atoms with Gasteiger partial charge in [-0.1, -0.05) is 50.8 Å². The second-order valence-electron chi connectivity index (χ2n) is 7.63. The lowest BCUT2D eigenvalue weighted by molar-refractivity contribution is -0.138. The van der Waals surface area contributed by atoms with Crippen molar-refractivity contribution in [2.24, 2.45) is 11.5 Å². The summed E-state index contributed by atoms with van der Waals surface area (Å²) in [5, 5.41) is 0.433. The van der Waals surface area contributed by atoms with Crippen molar-refractivity contribution in [2.45, 2.75) is 57.1 Å². The summed E-state index contributed by atoms with van der Waals surface area (Å²) in [6.45, 7) is 2.39. The zero-order valence-corrected chi connectivity index (χ0v) is 18.9. The van der Waals surface area contributed by atoms with E-state index in [1.807, 2.05) is 0 Å². The lowest BCUT2D eigenvalue weighted by Crippen LogP contribution is -2.34. The van der Waals surface area contributed by atoms with Gasteiger partial charge in [0, 0.05) is 23.6 Å². The summed E-state index contributed by atoms with van der Waals surface area (Å²) in [5.41, 5.74) is 12.4. The first-order valence-electron chi connectivity index (χ1n) is 10.8. The molecule has 0 saturated heterocycles. The lowest BCUT2D eigenvalue weighted by atomic mass is 10.1. The van der Waals surface area contributed by atoms with Gasteiger partial charge in [-0.25, -0.2) is 0 Å². The molecule has 0 aliphatic carbocycles. The Hall–Kier alpha value is -2.39. The van der Waals surface area contributed by atoms with E-state index < -0.39 is 17.2 Å². The molecule has 0 saturated carbocycles. The van der Waals surface area contributed by atoms with Crippen LogP contribution in [-0.2, 0) is 6.18 Å². The third-order valence-electron chi connectivity index (χ3n) is 5.21. The number of rotatable bonds is 10. The van der Waals surface area contributed by atoms with E-state index in [-0.39, 0.29) is 12.4 Å². The summed E-state index contributed by atoms with van der Waals surface area (Å²) in [4.78, 5) is 5.69. The van der Waals surface area contributed by atoms with Crippen molar-refractivity contribution in [2.75, 3.05) is 11.5 Å². The van der Waals surface area contributed by atoms with Crippen LogP contribution in [0.5, 0.6) is 5.75 Å². The van der Waals surface area contributed by atoms with Crippen molar-refractivity contribution in [1.29, 1.82) is 0 Å². The molecule has 32 heavy (non-hydrogen) atoms. The molecule has 0 spiro atoms. The molecule has 2 aromatic rings. The van der Waals surface area contributed by atoms with Crippen molar-refractivity contribution in [3.63, 3.8) is 0 Å². The van der Waals surface area contributed by atoms with E-state index in [0.717, 1.165) is 38.2 Å². The lowest BCUT2D eigenvalue weighted by Gasteiger charge is -2.27. The number of hydrogen-bond acceptors (Lipinski definition) is 6. The second kappa shape index (κ2) is 11.0. The van der Waals surface area contributed by atoms with Crippen molar-refractivity contribution in [1.82, 2.24) is 4.98 Å². The highest BCUT2D eigenvalue weighted by atomic mass is 32.2. The van der Waals surface area contributed by atoms with Crippen molar-refractivity contribution in [3.05, 3.63) is 58.9 Å². The van der Waals surface area contributed by atoms with E-state index in [4.69, 9.17) is 16.2 Å². The second-order valence-corrected chi connectivity index (χ2v) is 8.79. The molecule has 0 fully saturated rings. The molecule has 0 bridgehead atoms. The number of nitrogens with two attached hydrogens (primary N) is 2. The summed E-state index contributed by atoms with van der Waals surface area (Å²) < 4.78 is 47.1. The van der Waals surface area contributed by atoms with Gasteiger partial charge in [0.25, 0.3) is 0 Å². The van der Waals surface area contributed by atoms with E-state index in [2.05, 4.69) is 11.9 Å². The largest absolute Gasteiger partial charge is 0.493 e. The SMILES string of the molecule is CCCCCCCCOc1ccc(N2C(c3cccnc3)=C(N)SC2N)cc1C(F)(F)F. The van der Waals surface area contributed by atoms with Gasteiger partial charge < -0.3 is 21.1 Å². The Labute approximate surface area is 191 Å². The fourth-order valence-corrected chi connectivity index (χ4v) is 4.55. The monoisotopic (exact) mass is 466 g/mol. The molecule has 1 aromatic heterocycles. The quantitative estimate of drug-likeness (QED) is 0.423. The van der Waals surface area contributed by atoms with Gasteiger partial charge >= 0.3 is 6.18 Å². The third kappa shape index (κ3) is 5.89. The zero-order chi connectivity index (χ0) is 23.1. The molecular weight excluding hydrogens is 437 g/mol. The molecule has 2 heterocycles. The highest BCUT2D eigenvalue weighted by molar-refractivity contribution is 8.04. The van der Waals surface area contributed by atoms with E-state index in [0.29, 0.717) is 22.0 Å². The van der Waals surface area contributed by atoms with Gasteiger partial charge in [0.1, 0.15) is 11.2 Å². The summed E-state index contributed by atoms with van der Waals surface area (Å²) in [6, 6.07) is 7.56. The molecule has 0 radical (unpaired) electrons. The van der Waals surface area contributed by atoms with Crippen LogP contribution in [0, 0.1) is 0 Å². The first-order valence-corrected chi connectivity index (χ1v) is 11.7. The number of ether oxygens (including phenoxy) is 1. The van der Waals surface area contributed by atoms with Gasteiger partial charge in [-0.3, -0.25) is 4.98 Å². The Balaban J connectivity index is 1.80. The molecule has 1 aliphatic heterocycles. The van der Waals surface area contributed by atoms with Gasteiger partial charge in [-0.05, 0) is 36.8 Å². The minimum Gasteiger partial charge on any atom is -0.493 e. The average Bonchev–Trinajstić information content (AvgIpc) is 3.06. The van der Waals surface area contributed by atoms with Crippen LogP contribution < -0.4 is 21.1 Å². The van der Waals surface area contributed by atoms with Crippen LogP contribution >= 0.6 is 11.8 Å². The number of pyridine rings is 1. The number of alkyl halides is 3. The third-order valence-corrected chi connectivity index (χ3v) is 6.11. The molecule has 0 amide bonds. The Bertz CT molecular complexity index is 921. The van der Waals surface area contributed by atoms with Crippen LogP contribution in [-0.4, -0.2) is 17.1 Å². The Morgan fingerprint density at radius 1 is 1.12 bits per heavy atom. The number of unbranched alkanes of at least 4 members (excludes halogenated alkanes) is 5. The molecule has 1 aliphatic rings. The normalized spacial score (nSPS) is 16.7. The van der Waals surface area contributed by atoms with Crippen LogP contribution in [0.1, 0.15) is 56.6 Å². The number of halogens is 3. The molecule has 1 atom stereocenters. The van der Waals surface area contributed by atoms with Crippen molar-refractivity contribution >= 4 is 23.1 Å². The van der Waals surface area contributed by atoms with Gasteiger partial charge in [-0.15, -0.1) is 0 Å². The highest BCUT2D eigenvalue weighted by Gasteiger charge is 2.37. The van der Waals surface area contributed by atoms with Crippen LogP contribution in [0.3, 0.4) is 0 Å². The standard InChI is InChI=1S/C23H29F3N4OS/c1-2-3-4-5-6-7-13-31-19-11-10-17(14-18(19)23(24,25)26)30-20(21(27)32-22(30)28)16-9-8-12-29-15-16/h8-12,14-15,22H,2-7,13,27-28H2,1H3. The molecule has 4 N–H and O–H groups in total. The maximum absolute atomic E-state index is 13.8. The van der Waals surface area contributed by atoms with Crippen LogP contribution in [0.15, 0.2) is 47.8 Å². The van der Waals surface area contributed by atoms with Crippen LogP contribution in [0.25, 0.3) is 5.70 Å². The average molecular weight is 467 g/mol. The predicted molar refractivity (Wildman–Crippen MR) is 124 cm³/mol. The van der Waals surface area contributed by atoms with E-state index in [1.165, 1.54) is 24.2 Å². The summed E-state index contributed by atoms with van der Waals surface area (Å²) in [5.74, 6) is -0.171. The number of anilines is 1. The summed E-state index contributed by atoms with van der Waals surface area (Å²) in [7, 11) is 0. The summed E-state index contributed by atoms with van der Waals surface area (Å²) in [6.07, 6.45) is 4.87. The molecule has 3 rings (SSSR count). The number of nitrogens with zero attached hydrogens (tertiary/aromatic N) is 2. The Morgan fingerprint density at radius 3 is 2.56 bits per heavy atom. The maximum atomic E-state index is 13.8. The van der Waals surface area contributed by atoms with Gasteiger partial charge in [0.2, 0.25) is 0 Å². The number of hydrogen-bond donors (Lipinski definition) is 2. The minimum atomic E-state index is -4.56. The van der Waals surface area contributed by atoms with Gasteiger partial charge in [0.05, 0.1) is 22.9 Å². The van der Waals surface area contributed by atoms with E-state index in [1.54, 1.807) is 35.5 Å². The Kier molecular flexibility index (Phi) is 8.31. The fraction of sp³-hybridized carbons (Fsp3) is 0.435. The van der Waals surface area contributed by atoms with Crippen LogP contribution in [0.2, 0.25) is 0 Å². The molecule has 174 valence electrons. The first kappa shape index (κ1) is 24.3. The van der Waals surface area contributed by atoms with E-state index >= 15 is 0 Å². The minimum absolute atomic E-state index is 0.171. The molecule has 9 heteroatoms. The predicted octanol–water partition coefficient (Wildman–Crippen LogP) is 5.92. The Morgan fingerprint density at radius 2 is 1.88 bits per heavy atom. The number of aromatic nitrogens is 1. The smallest absolute Gasteiger partial charge is 0.420 e. The van der Waals surface area contributed by atoms with Crippen molar-refractivity contribution < 1.29 is 17.9 Å². The van der Waals surface area contributed by atoms with Crippen molar-refractivity contribution in [3.8, 4) is 5.75 Å². The summed E-state index contributed by atoms with van der Waals surface area (Å²) >= 11 is 1.19. The zero-order valence-electron chi connectivity index (χ0n) is 18.1. The fourth-order valence-electron chi connectivity index (χ4n) is 3.62. The molecule has 5 nitrogen and oxygen atoms in total. The maximum Gasteiger partial charge on any atom is 0.420 e. The number of benzene rings is 1. The van der Waals surface area contributed by atoms with E-state index in [9.17, 15) is 13.2 Å². The highest BCUT2D eigenvalue weighted by Crippen LogP contribution is 2.45. The topological polar surface area (TPSA) is 77.4 Å². The molecule has 1 unspecified atom stereocenters. The van der Waals surface area contributed by atoms with Gasteiger partial charge in [-0.2, -0.15) is 13.2 Å². The first-order chi connectivity index (χ1) is 15.3. The molecule has 1 aromatic carbocycles. The molecular formula is C23H29F3N4OS. The van der Waals surface area contributed by atoms with Crippen LogP contribution in [0.4, 0.5) is 18.9 Å². The van der Waals surface area contributed by atoms with Gasteiger partial charge in [0.15, 0.2) is 0 Å².